The van der Waals surface area contributed by atoms with Crippen LogP contribution in [0.3, 0.4) is 0 Å². The molecule has 0 aromatic heterocycles. The maximum absolute atomic E-state index is 2.65. The summed E-state index contributed by atoms with van der Waals surface area (Å²) in [5.41, 5.74) is 8.04. The minimum absolute atomic E-state index is 1.14. The van der Waals surface area contributed by atoms with E-state index in [9.17, 15) is 0 Å². The van der Waals surface area contributed by atoms with E-state index >= 15 is 0 Å². The predicted molar refractivity (Wildman–Crippen MR) is 180 cm³/mol. The molecule has 3 rings (SSSR count). The SMILES string of the molecule is CCCCCN(CCCCC)c1cccc(-c2cc(N(CCCCC)CCCCC)ccc2-c2ccccc2)c1. The molecule has 3 aromatic rings. The van der Waals surface area contributed by atoms with E-state index in [-0.39, 0.29) is 0 Å². The average molecular weight is 541 g/mol. The van der Waals surface area contributed by atoms with Crippen molar-refractivity contribution >= 4 is 11.4 Å². The molecule has 0 atom stereocenters. The molecule has 0 amide bonds. The van der Waals surface area contributed by atoms with Crippen LogP contribution in [0.2, 0.25) is 0 Å². The molecular weight excluding hydrogens is 484 g/mol. The lowest BCUT2D eigenvalue weighted by Crippen LogP contribution is -2.26. The number of nitrogens with zero attached hydrogens (tertiary/aromatic N) is 2. The minimum Gasteiger partial charge on any atom is -0.372 e. The van der Waals surface area contributed by atoms with Crippen LogP contribution < -0.4 is 9.80 Å². The monoisotopic (exact) mass is 540 g/mol. The largest absolute Gasteiger partial charge is 0.372 e. The van der Waals surface area contributed by atoms with E-state index in [4.69, 9.17) is 0 Å². The summed E-state index contributed by atoms with van der Waals surface area (Å²) in [6, 6.07) is 27.6. The van der Waals surface area contributed by atoms with Crippen LogP contribution in [0, 0.1) is 0 Å². The maximum atomic E-state index is 2.65. The molecule has 0 N–H and O–H groups in total. The van der Waals surface area contributed by atoms with Crippen LogP contribution in [-0.2, 0) is 0 Å². The van der Waals surface area contributed by atoms with Crippen molar-refractivity contribution < 1.29 is 0 Å². The van der Waals surface area contributed by atoms with Crippen molar-refractivity contribution in [3.8, 4) is 22.3 Å². The fourth-order valence-corrected chi connectivity index (χ4v) is 5.66. The number of hydrogen-bond acceptors (Lipinski definition) is 2. The second-order valence-corrected chi connectivity index (χ2v) is 11.4. The quantitative estimate of drug-likeness (QED) is 0.131. The van der Waals surface area contributed by atoms with E-state index < -0.39 is 0 Å². The van der Waals surface area contributed by atoms with E-state index in [2.05, 4.69) is 110 Å². The highest BCUT2D eigenvalue weighted by Crippen LogP contribution is 2.37. The molecule has 0 bridgehead atoms. The first-order valence-corrected chi connectivity index (χ1v) is 16.5. The third kappa shape index (κ3) is 10.0. The first-order valence-electron chi connectivity index (χ1n) is 16.5. The lowest BCUT2D eigenvalue weighted by Gasteiger charge is -2.27. The first-order chi connectivity index (χ1) is 19.7. The molecule has 0 aliphatic heterocycles. The minimum atomic E-state index is 1.14. The predicted octanol–water partition coefficient (Wildman–Crippen LogP) is 11.4. The van der Waals surface area contributed by atoms with E-state index in [0.717, 1.165) is 26.2 Å². The summed E-state index contributed by atoms with van der Waals surface area (Å²) in [6.07, 6.45) is 15.3. The molecule has 0 saturated carbocycles. The summed E-state index contributed by atoms with van der Waals surface area (Å²) in [5.74, 6) is 0. The van der Waals surface area contributed by atoms with Gasteiger partial charge in [0.2, 0.25) is 0 Å². The van der Waals surface area contributed by atoms with Crippen LogP contribution in [0.1, 0.15) is 105 Å². The van der Waals surface area contributed by atoms with Gasteiger partial charge in [0.05, 0.1) is 0 Å². The molecular formula is C38H56N2. The highest BCUT2D eigenvalue weighted by atomic mass is 15.1. The Labute approximate surface area is 246 Å². The fraction of sp³-hybridized carbons (Fsp3) is 0.526. The van der Waals surface area contributed by atoms with E-state index in [0.29, 0.717) is 0 Å². The summed E-state index contributed by atoms with van der Waals surface area (Å²) in [4.78, 5) is 5.29. The van der Waals surface area contributed by atoms with Gasteiger partial charge in [0.1, 0.15) is 0 Å². The van der Waals surface area contributed by atoms with Crippen molar-refractivity contribution in [2.24, 2.45) is 0 Å². The molecule has 0 fully saturated rings. The van der Waals surface area contributed by atoms with Crippen LogP contribution >= 0.6 is 0 Å². The average Bonchev–Trinajstić information content (AvgIpc) is 3.00. The van der Waals surface area contributed by atoms with Gasteiger partial charge in [0, 0.05) is 37.6 Å². The zero-order chi connectivity index (χ0) is 28.4. The maximum Gasteiger partial charge on any atom is 0.0372 e. The van der Waals surface area contributed by atoms with Gasteiger partial charge in [-0.15, -0.1) is 0 Å². The molecule has 0 saturated heterocycles. The van der Waals surface area contributed by atoms with Crippen molar-refractivity contribution in [3.05, 3.63) is 72.8 Å². The molecule has 0 radical (unpaired) electrons. The van der Waals surface area contributed by atoms with E-state index in [1.165, 1.54) is 111 Å². The Balaban J connectivity index is 2.02. The smallest absolute Gasteiger partial charge is 0.0372 e. The molecule has 3 aromatic carbocycles. The van der Waals surface area contributed by atoms with Gasteiger partial charge >= 0.3 is 0 Å². The van der Waals surface area contributed by atoms with Crippen molar-refractivity contribution in [2.75, 3.05) is 36.0 Å². The number of rotatable bonds is 20. The fourth-order valence-electron chi connectivity index (χ4n) is 5.66. The van der Waals surface area contributed by atoms with Gasteiger partial charge in [0.25, 0.3) is 0 Å². The van der Waals surface area contributed by atoms with Gasteiger partial charge in [0.15, 0.2) is 0 Å². The number of anilines is 2. The third-order valence-electron chi connectivity index (χ3n) is 8.10. The van der Waals surface area contributed by atoms with Gasteiger partial charge in [-0.2, -0.15) is 0 Å². The molecule has 218 valence electrons. The second kappa shape index (κ2) is 18.6. The van der Waals surface area contributed by atoms with Gasteiger partial charge in [-0.25, -0.2) is 0 Å². The van der Waals surface area contributed by atoms with Crippen molar-refractivity contribution in [3.63, 3.8) is 0 Å². The van der Waals surface area contributed by atoms with E-state index in [1.54, 1.807) is 0 Å². The van der Waals surface area contributed by atoms with Gasteiger partial charge in [-0.3, -0.25) is 0 Å². The molecule has 40 heavy (non-hydrogen) atoms. The topological polar surface area (TPSA) is 6.48 Å². The van der Waals surface area contributed by atoms with Crippen LogP contribution in [-0.4, -0.2) is 26.2 Å². The Kier molecular flexibility index (Phi) is 14.8. The highest BCUT2D eigenvalue weighted by Gasteiger charge is 2.15. The molecule has 2 nitrogen and oxygen atoms in total. The highest BCUT2D eigenvalue weighted by molar-refractivity contribution is 5.87. The lowest BCUT2D eigenvalue weighted by molar-refractivity contribution is 0.636. The Morgan fingerprint density at radius 2 is 0.875 bits per heavy atom. The molecule has 2 heteroatoms. The van der Waals surface area contributed by atoms with E-state index in [1.807, 2.05) is 0 Å². The Morgan fingerprint density at radius 1 is 0.400 bits per heavy atom. The summed E-state index contributed by atoms with van der Waals surface area (Å²) in [5, 5.41) is 0. The van der Waals surface area contributed by atoms with Crippen molar-refractivity contribution in [1.82, 2.24) is 0 Å². The third-order valence-corrected chi connectivity index (χ3v) is 8.10. The molecule has 0 aliphatic carbocycles. The zero-order valence-corrected chi connectivity index (χ0v) is 26.1. The summed E-state index contributed by atoms with van der Waals surface area (Å²) < 4.78 is 0. The molecule has 0 unspecified atom stereocenters. The summed E-state index contributed by atoms with van der Waals surface area (Å²) >= 11 is 0. The Bertz CT molecular complexity index is 1050. The van der Waals surface area contributed by atoms with Gasteiger partial charge in [-0.05, 0) is 72.2 Å². The van der Waals surface area contributed by atoms with Crippen LogP contribution in [0.4, 0.5) is 11.4 Å². The van der Waals surface area contributed by atoms with Gasteiger partial charge in [-0.1, -0.05) is 128 Å². The Hall–Kier alpha value is -2.74. The van der Waals surface area contributed by atoms with Crippen LogP contribution in [0.5, 0.6) is 0 Å². The Morgan fingerprint density at radius 3 is 1.38 bits per heavy atom. The normalized spacial score (nSPS) is 11.1. The zero-order valence-electron chi connectivity index (χ0n) is 26.1. The van der Waals surface area contributed by atoms with Crippen molar-refractivity contribution in [1.29, 1.82) is 0 Å². The number of benzene rings is 3. The van der Waals surface area contributed by atoms with Crippen LogP contribution in [0.15, 0.2) is 72.8 Å². The lowest BCUT2D eigenvalue weighted by atomic mass is 9.93. The van der Waals surface area contributed by atoms with Crippen molar-refractivity contribution in [2.45, 2.75) is 105 Å². The molecule has 0 aliphatic rings. The standard InChI is InChI=1S/C38H56N2/c1-5-9-16-27-39(28-17-10-6-2)35-24-20-23-34(31-35)38-32-36(25-26-37(38)33-21-14-13-15-22-33)40(29-18-11-7-3)30-19-12-8-4/h13-15,20-26,31-32H,5-12,16-19,27-30H2,1-4H3. The summed E-state index contributed by atoms with van der Waals surface area (Å²) in [6.45, 7) is 13.8. The molecule has 0 heterocycles. The van der Waals surface area contributed by atoms with Crippen LogP contribution in [0.25, 0.3) is 22.3 Å². The summed E-state index contributed by atoms with van der Waals surface area (Å²) in [7, 11) is 0. The molecule has 0 spiro atoms. The number of hydrogen-bond donors (Lipinski definition) is 0. The van der Waals surface area contributed by atoms with Gasteiger partial charge < -0.3 is 9.80 Å². The second-order valence-electron chi connectivity index (χ2n) is 11.4. The first kappa shape index (κ1) is 31.8. The number of unbranched alkanes of at least 4 members (excludes halogenated alkanes) is 8.